The molecule has 32 heavy (non-hydrogen) atoms. The predicted molar refractivity (Wildman–Crippen MR) is 125 cm³/mol. The largest absolute Gasteiger partial charge is 0.489 e. The van der Waals surface area contributed by atoms with Crippen LogP contribution in [0.5, 0.6) is 5.75 Å². The number of rotatable bonds is 10. The van der Waals surface area contributed by atoms with Crippen molar-refractivity contribution in [3.8, 4) is 11.8 Å². The lowest BCUT2D eigenvalue weighted by atomic mass is 10.1. The van der Waals surface area contributed by atoms with Crippen LogP contribution in [-0.2, 0) is 9.53 Å². The molecule has 2 N–H and O–H groups in total. The maximum atomic E-state index is 12.5. The monoisotopic (exact) mass is 479 g/mol. The Hall–Kier alpha value is -2.50. The standard InChI is InChI=1S/C23H27Cl2N3O4/c1-14-8-17(16(3)28(14)15(2)12-31-4)9-18(10-26)23(30)27-11-19(29)13-32-21-7-5-6-20(24)22(21)25/h5-9,15,19,29H,11-13H2,1-4H3,(H,27,30). The Bertz CT molecular complexity index is 1030. The molecule has 0 saturated heterocycles. The zero-order valence-corrected chi connectivity index (χ0v) is 20.0. The summed E-state index contributed by atoms with van der Waals surface area (Å²) in [4.78, 5) is 12.5. The van der Waals surface area contributed by atoms with Crippen molar-refractivity contribution in [3.05, 3.63) is 56.8 Å². The Balaban J connectivity index is 2.01. The highest BCUT2D eigenvalue weighted by atomic mass is 35.5. The first-order chi connectivity index (χ1) is 15.2. The van der Waals surface area contributed by atoms with E-state index < -0.39 is 12.0 Å². The van der Waals surface area contributed by atoms with Crippen LogP contribution in [0.15, 0.2) is 29.8 Å². The first-order valence-corrected chi connectivity index (χ1v) is 10.8. The molecule has 1 aromatic heterocycles. The summed E-state index contributed by atoms with van der Waals surface area (Å²) >= 11 is 12.0. The average molecular weight is 480 g/mol. The number of benzene rings is 1. The summed E-state index contributed by atoms with van der Waals surface area (Å²) < 4.78 is 12.8. The molecular weight excluding hydrogens is 453 g/mol. The van der Waals surface area contributed by atoms with Gasteiger partial charge in [-0.05, 0) is 50.6 Å². The lowest BCUT2D eigenvalue weighted by Crippen LogP contribution is -2.35. The zero-order chi connectivity index (χ0) is 23.8. The molecule has 1 heterocycles. The molecule has 0 radical (unpaired) electrons. The van der Waals surface area contributed by atoms with Gasteiger partial charge in [-0.1, -0.05) is 29.3 Å². The number of carbonyl (C=O) groups is 1. The van der Waals surface area contributed by atoms with Crippen molar-refractivity contribution in [1.82, 2.24) is 9.88 Å². The molecule has 2 rings (SSSR count). The maximum absolute atomic E-state index is 12.5. The number of ether oxygens (including phenoxy) is 2. The van der Waals surface area contributed by atoms with Gasteiger partial charge in [-0.15, -0.1) is 0 Å². The van der Waals surface area contributed by atoms with E-state index in [0.717, 1.165) is 17.0 Å². The third kappa shape index (κ3) is 6.50. The van der Waals surface area contributed by atoms with Gasteiger partial charge in [-0.3, -0.25) is 4.79 Å². The van der Waals surface area contributed by atoms with Gasteiger partial charge in [0.1, 0.15) is 35.1 Å². The second-order valence-corrected chi connectivity index (χ2v) is 8.18. The van der Waals surface area contributed by atoms with E-state index in [0.29, 0.717) is 17.4 Å². The summed E-state index contributed by atoms with van der Waals surface area (Å²) in [5, 5.41) is 22.7. The first-order valence-electron chi connectivity index (χ1n) is 10.0. The SMILES string of the molecule is COCC(C)n1c(C)cc(C=C(C#N)C(=O)NCC(O)COc2cccc(Cl)c2Cl)c1C. The van der Waals surface area contributed by atoms with Gasteiger partial charge in [-0.2, -0.15) is 5.26 Å². The van der Waals surface area contributed by atoms with E-state index in [1.54, 1.807) is 31.4 Å². The number of aliphatic hydroxyl groups excluding tert-OH is 1. The minimum atomic E-state index is -1.01. The van der Waals surface area contributed by atoms with Crippen LogP contribution in [0, 0.1) is 25.2 Å². The lowest BCUT2D eigenvalue weighted by molar-refractivity contribution is -0.117. The van der Waals surface area contributed by atoms with Gasteiger partial charge in [0.05, 0.1) is 17.7 Å². The molecule has 7 nitrogen and oxygen atoms in total. The first kappa shape index (κ1) is 25.8. The molecule has 0 bridgehead atoms. The normalized spacial score (nSPS) is 13.4. The molecule has 0 spiro atoms. The second-order valence-electron chi connectivity index (χ2n) is 7.40. The van der Waals surface area contributed by atoms with Crippen molar-refractivity contribution in [3.63, 3.8) is 0 Å². The van der Waals surface area contributed by atoms with Crippen molar-refractivity contribution in [2.24, 2.45) is 0 Å². The highest BCUT2D eigenvalue weighted by molar-refractivity contribution is 6.42. The summed E-state index contributed by atoms with van der Waals surface area (Å²) in [5.41, 5.74) is 2.65. The molecule has 0 aliphatic rings. The van der Waals surface area contributed by atoms with Crippen LogP contribution in [0.3, 0.4) is 0 Å². The molecule has 9 heteroatoms. The number of nitrogens with one attached hydrogen (secondary N) is 1. The molecule has 2 atom stereocenters. The lowest BCUT2D eigenvalue weighted by Gasteiger charge is -2.17. The van der Waals surface area contributed by atoms with E-state index in [-0.39, 0.29) is 29.8 Å². The van der Waals surface area contributed by atoms with Gasteiger partial charge in [0, 0.05) is 25.0 Å². The van der Waals surface area contributed by atoms with Crippen LogP contribution in [0.1, 0.15) is 29.9 Å². The van der Waals surface area contributed by atoms with Gasteiger partial charge in [0.15, 0.2) is 0 Å². The van der Waals surface area contributed by atoms with E-state index in [2.05, 4.69) is 9.88 Å². The number of nitrogens with zero attached hydrogens (tertiary/aromatic N) is 2. The van der Waals surface area contributed by atoms with Gasteiger partial charge < -0.3 is 24.5 Å². The average Bonchev–Trinajstić information content (AvgIpc) is 3.04. The summed E-state index contributed by atoms with van der Waals surface area (Å²) in [5.74, 6) is -0.248. The topological polar surface area (TPSA) is 96.5 Å². The number of hydrogen-bond donors (Lipinski definition) is 2. The van der Waals surface area contributed by atoms with Crippen molar-refractivity contribution >= 4 is 35.2 Å². The van der Waals surface area contributed by atoms with E-state index in [4.69, 9.17) is 32.7 Å². The Morgan fingerprint density at radius 1 is 1.34 bits per heavy atom. The van der Waals surface area contributed by atoms with Gasteiger partial charge >= 0.3 is 0 Å². The number of carbonyl (C=O) groups excluding carboxylic acids is 1. The van der Waals surface area contributed by atoms with Gasteiger partial charge in [0.25, 0.3) is 5.91 Å². The molecule has 2 aromatic rings. The van der Waals surface area contributed by atoms with Gasteiger partial charge in [-0.25, -0.2) is 0 Å². The fourth-order valence-corrected chi connectivity index (χ4v) is 3.74. The van der Waals surface area contributed by atoms with Crippen molar-refractivity contribution in [2.75, 3.05) is 26.9 Å². The van der Waals surface area contributed by atoms with E-state index in [1.165, 1.54) is 0 Å². The Labute approximate surface area is 198 Å². The molecular formula is C23H27Cl2N3O4. The number of methoxy groups -OCH3 is 1. The third-order valence-electron chi connectivity index (χ3n) is 4.88. The number of aromatic nitrogens is 1. The highest BCUT2D eigenvalue weighted by Crippen LogP contribution is 2.31. The smallest absolute Gasteiger partial charge is 0.262 e. The van der Waals surface area contributed by atoms with Crippen LogP contribution >= 0.6 is 23.2 Å². The van der Waals surface area contributed by atoms with E-state index >= 15 is 0 Å². The Kier molecular flexibility index (Phi) is 9.60. The third-order valence-corrected chi connectivity index (χ3v) is 5.68. The molecule has 0 fully saturated rings. The molecule has 172 valence electrons. The summed E-state index contributed by atoms with van der Waals surface area (Å²) in [7, 11) is 1.65. The Morgan fingerprint density at radius 3 is 2.72 bits per heavy atom. The summed E-state index contributed by atoms with van der Waals surface area (Å²) in [6.07, 6.45) is 0.538. The van der Waals surface area contributed by atoms with Crippen LogP contribution in [0.2, 0.25) is 10.0 Å². The highest BCUT2D eigenvalue weighted by Gasteiger charge is 2.17. The predicted octanol–water partition coefficient (Wildman–Crippen LogP) is 4.08. The molecule has 1 aromatic carbocycles. The van der Waals surface area contributed by atoms with Gasteiger partial charge in [0.2, 0.25) is 0 Å². The van der Waals surface area contributed by atoms with Crippen molar-refractivity contribution in [2.45, 2.75) is 32.9 Å². The minimum Gasteiger partial charge on any atom is -0.489 e. The number of halogens is 2. The quantitative estimate of drug-likeness (QED) is 0.395. The molecule has 0 aliphatic heterocycles. The molecule has 0 saturated carbocycles. The number of hydrogen-bond acceptors (Lipinski definition) is 5. The number of aliphatic hydroxyl groups is 1. The summed E-state index contributed by atoms with van der Waals surface area (Å²) in [6, 6.07) is 8.89. The number of amides is 1. The van der Waals surface area contributed by atoms with E-state index in [1.807, 2.05) is 32.9 Å². The van der Waals surface area contributed by atoms with Crippen LogP contribution in [-0.4, -0.2) is 48.6 Å². The molecule has 2 unspecified atom stereocenters. The fraction of sp³-hybridized carbons (Fsp3) is 0.391. The summed E-state index contributed by atoms with van der Waals surface area (Å²) in [6.45, 7) is 6.27. The van der Waals surface area contributed by atoms with Crippen LogP contribution in [0.4, 0.5) is 0 Å². The molecule has 0 aliphatic carbocycles. The zero-order valence-electron chi connectivity index (χ0n) is 18.5. The second kappa shape index (κ2) is 11.9. The molecule has 1 amide bonds. The van der Waals surface area contributed by atoms with Crippen molar-refractivity contribution < 1.29 is 19.4 Å². The Morgan fingerprint density at radius 2 is 2.06 bits per heavy atom. The van der Waals surface area contributed by atoms with E-state index in [9.17, 15) is 15.2 Å². The van der Waals surface area contributed by atoms with Crippen LogP contribution < -0.4 is 10.1 Å². The number of nitriles is 1. The maximum Gasteiger partial charge on any atom is 0.262 e. The minimum absolute atomic E-state index is 0.0596. The van der Waals surface area contributed by atoms with Crippen LogP contribution in [0.25, 0.3) is 6.08 Å². The number of aryl methyl sites for hydroxylation is 1. The fourth-order valence-electron chi connectivity index (χ4n) is 3.39. The van der Waals surface area contributed by atoms with Crippen molar-refractivity contribution in [1.29, 1.82) is 5.26 Å².